The van der Waals surface area contributed by atoms with Crippen LogP contribution in [0.4, 0.5) is 0 Å². The molecule has 2 rings (SSSR count). The standard InChI is InChI=1S/C33H54O6/c1-10-12-13-22(3)29-19-30(39-33(7,8)38-29)24(5)32(37-21-27-14-16-28(36-9)17-15-27)25(6)31(35)23(4)18-26(11-2)20-34/h1,14-17,22-26,29-32,34-35H,11-13,18-21H2,2-9H3/t22-,23-,24-,25+,26-,29-,30-,31-,32-/m0/s1. The van der Waals surface area contributed by atoms with Crippen molar-refractivity contribution in [2.24, 2.45) is 29.6 Å². The normalized spacial score (nSPS) is 24.5. The van der Waals surface area contributed by atoms with Crippen LogP contribution in [0.3, 0.4) is 0 Å². The van der Waals surface area contributed by atoms with E-state index in [0.717, 1.165) is 43.4 Å². The second-order valence-corrected chi connectivity index (χ2v) is 12.2. The van der Waals surface area contributed by atoms with E-state index in [2.05, 4.69) is 40.5 Å². The van der Waals surface area contributed by atoms with Crippen molar-refractivity contribution in [2.75, 3.05) is 13.7 Å². The van der Waals surface area contributed by atoms with Crippen LogP contribution in [0.2, 0.25) is 0 Å². The fraction of sp³-hybridized carbons (Fsp3) is 0.758. The quantitative estimate of drug-likeness (QED) is 0.240. The van der Waals surface area contributed by atoms with Gasteiger partial charge in [0.25, 0.3) is 0 Å². The first-order chi connectivity index (χ1) is 18.5. The van der Waals surface area contributed by atoms with Crippen molar-refractivity contribution in [1.29, 1.82) is 0 Å². The van der Waals surface area contributed by atoms with E-state index in [4.69, 9.17) is 25.4 Å². The van der Waals surface area contributed by atoms with Crippen molar-refractivity contribution in [2.45, 2.75) is 117 Å². The predicted octanol–water partition coefficient (Wildman–Crippen LogP) is 6.22. The zero-order chi connectivity index (χ0) is 29.2. The van der Waals surface area contributed by atoms with Crippen molar-refractivity contribution in [3.05, 3.63) is 29.8 Å². The molecule has 1 aromatic rings. The van der Waals surface area contributed by atoms with Gasteiger partial charge in [-0.15, -0.1) is 12.3 Å². The highest BCUT2D eigenvalue weighted by Gasteiger charge is 2.44. The summed E-state index contributed by atoms with van der Waals surface area (Å²) < 4.78 is 24.8. The number of methoxy groups -OCH3 is 1. The third-order valence-electron chi connectivity index (χ3n) is 8.60. The van der Waals surface area contributed by atoms with Gasteiger partial charge in [-0.05, 0) is 62.1 Å². The van der Waals surface area contributed by atoms with Crippen molar-refractivity contribution < 1.29 is 29.2 Å². The lowest BCUT2D eigenvalue weighted by Crippen LogP contribution is -2.52. The summed E-state index contributed by atoms with van der Waals surface area (Å²) in [5, 5.41) is 21.2. The van der Waals surface area contributed by atoms with Crippen LogP contribution in [0.1, 0.15) is 86.1 Å². The van der Waals surface area contributed by atoms with E-state index in [1.165, 1.54) is 0 Å². The Morgan fingerprint density at radius 3 is 2.31 bits per heavy atom. The number of terminal acetylenes is 1. The Morgan fingerprint density at radius 1 is 1.10 bits per heavy atom. The Hall–Kier alpha value is -1.62. The number of benzene rings is 1. The molecule has 0 spiro atoms. The SMILES string of the molecule is C#CCC[C@H](C)[C@@H]1C[C@@H]([C@H](C)[C@H](OCc2ccc(OC)cc2)[C@H](C)[C@@H](O)[C@@H](C)C[C@H](CC)CO)OC(C)(C)O1. The fourth-order valence-corrected chi connectivity index (χ4v) is 5.91. The number of hydrogen-bond acceptors (Lipinski definition) is 6. The highest BCUT2D eigenvalue weighted by atomic mass is 16.7. The van der Waals surface area contributed by atoms with Gasteiger partial charge >= 0.3 is 0 Å². The Morgan fingerprint density at radius 2 is 1.74 bits per heavy atom. The molecule has 1 aliphatic heterocycles. The summed E-state index contributed by atoms with van der Waals surface area (Å²) in [5.74, 6) is 3.21. The van der Waals surface area contributed by atoms with Crippen LogP contribution >= 0.6 is 0 Å². The highest BCUT2D eigenvalue weighted by molar-refractivity contribution is 5.26. The molecule has 6 nitrogen and oxygen atoms in total. The van der Waals surface area contributed by atoms with E-state index in [1.807, 2.05) is 38.1 Å². The minimum atomic E-state index is -0.725. The fourth-order valence-electron chi connectivity index (χ4n) is 5.91. The van der Waals surface area contributed by atoms with Gasteiger partial charge in [-0.25, -0.2) is 0 Å². The summed E-state index contributed by atoms with van der Waals surface area (Å²) in [6, 6.07) is 7.89. The molecule has 0 amide bonds. The van der Waals surface area contributed by atoms with Gasteiger partial charge in [0.2, 0.25) is 0 Å². The van der Waals surface area contributed by atoms with Crippen LogP contribution in [0.15, 0.2) is 24.3 Å². The molecular weight excluding hydrogens is 492 g/mol. The van der Waals surface area contributed by atoms with Crippen molar-refractivity contribution in [3.63, 3.8) is 0 Å². The number of rotatable bonds is 16. The topological polar surface area (TPSA) is 77.4 Å². The molecule has 39 heavy (non-hydrogen) atoms. The van der Waals surface area contributed by atoms with Gasteiger partial charge in [0.1, 0.15) is 5.75 Å². The molecule has 1 saturated heterocycles. The molecule has 0 aromatic heterocycles. The summed E-state index contributed by atoms with van der Waals surface area (Å²) in [6.07, 6.45) is 8.68. The zero-order valence-electron chi connectivity index (χ0n) is 25.6. The summed E-state index contributed by atoms with van der Waals surface area (Å²) in [5.41, 5.74) is 1.04. The molecule has 0 saturated carbocycles. The Labute approximate surface area is 237 Å². The first kappa shape index (κ1) is 33.6. The zero-order valence-corrected chi connectivity index (χ0v) is 25.6. The van der Waals surface area contributed by atoms with E-state index >= 15 is 0 Å². The molecule has 9 atom stereocenters. The maximum atomic E-state index is 11.5. The van der Waals surface area contributed by atoms with E-state index in [-0.39, 0.29) is 48.6 Å². The number of aliphatic hydroxyl groups is 2. The monoisotopic (exact) mass is 546 g/mol. The summed E-state index contributed by atoms with van der Waals surface area (Å²) >= 11 is 0. The van der Waals surface area contributed by atoms with E-state index in [1.54, 1.807) is 7.11 Å². The number of hydrogen-bond donors (Lipinski definition) is 2. The molecule has 222 valence electrons. The summed E-state index contributed by atoms with van der Waals surface area (Å²) in [7, 11) is 1.66. The molecule has 0 radical (unpaired) electrons. The van der Waals surface area contributed by atoms with Crippen LogP contribution < -0.4 is 4.74 Å². The molecule has 2 N–H and O–H groups in total. The first-order valence-corrected chi connectivity index (χ1v) is 14.8. The molecule has 0 bridgehead atoms. The van der Waals surface area contributed by atoms with Gasteiger partial charge < -0.3 is 29.2 Å². The van der Waals surface area contributed by atoms with Crippen LogP contribution in [0.25, 0.3) is 0 Å². The van der Waals surface area contributed by atoms with Crippen molar-refractivity contribution in [3.8, 4) is 18.1 Å². The molecule has 6 heteroatoms. The Bertz CT molecular complexity index is 858. The molecule has 1 heterocycles. The van der Waals surface area contributed by atoms with Crippen molar-refractivity contribution in [1.82, 2.24) is 0 Å². The average Bonchev–Trinajstić information content (AvgIpc) is 2.93. The number of aliphatic hydroxyl groups excluding tert-OH is 2. The smallest absolute Gasteiger partial charge is 0.163 e. The largest absolute Gasteiger partial charge is 0.497 e. The third kappa shape index (κ3) is 10.1. The first-order valence-electron chi connectivity index (χ1n) is 14.8. The predicted molar refractivity (Wildman–Crippen MR) is 156 cm³/mol. The molecule has 1 fully saturated rings. The van der Waals surface area contributed by atoms with E-state index in [9.17, 15) is 10.2 Å². The maximum Gasteiger partial charge on any atom is 0.163 e. The third-order valence-corrected chi connectivity index (χ3v) is 8.60. The minimum Gasteiger partial charge on any atom is -0.497 e. The molecule has 0 aliphatic carbocycles. The molecule has 1 aromatic carbocycles. The number of ether oxygens (including phenoxy) is 4. The Balaban J connectivity index is 2.27. The van der Waals surface area contributed by atoms with Gasteiger partial charge in [0, 0.05) is 31.3 Å². The van der Waals surface area contributed by atoms with E-state index in [0.29, 0.717) is 12.5 Å². The average molecular weight is 547 g/mol. The molecule has 0 unspecified atom stereocenters. The molecule has 1 aliphatic rings. The highest BCUT2D eigenvalue weighted by Crippen LogP contribution is 2.38. The van der Waals surface area contributed by atoms with Crippen LogP contribution in [0.5, 0.6) is 5.75 Å². The van der Waals surface area contributed by atoms with Crippen LogP contribution in [-0.4, -0.2) is 54.1 Å². The van der Waals surface area contributed by atoms with Gasteiger partial charge in [-0.3, -0.25) is 0 Å². The summed E-state index contributed by atoms with van der Waals surface area (Å²) in [4.78, 5) is 0. The van der Waals surface area contributed by atoms with Gasteiger partial charge in [-0.1, -0.05) is 53.2 Å². The second kappa shape index (κ2) is 16.0. The summed E-state index contributed by atoms with van der Waals surface area (Å²) in [6.45, 7) is 15.1. The van der Waals surface area contributed by atoms with Crippen LogP contribution in [-0.2, 0) is 20.8 Å². The lowest BCUT2D eigenvalue weighted by Gasteiger charge is -2.47. The second-order valence-electron chi connectivity index (χ2n) is 12.2. The van der Waals surface area contributed by atoms with Gasteiger partial charge in [0.15, 0.2) is 5.79 Å². The maximum absolute atomic E-state index is 11.5. The van der Waals surface area contributed by atoms with Gasteiger partial charge in [-0.2, -0.15) is 0 Å². The lowest BCUT2D eigenvalue weighted by molar-refractivity contribution is -0.320. The van der Waals surface area contributed by atoms with E-state index < -0.39 is 11.9 Å². The molecular formula is C33H54O6. The lowest BCUT2D eigenvalue weighted by atomic mass is 9.77. The van der Waals surface area contributed by atoms with Crippen molar-refractivity contribution >= 4 is 0 Å². The minimum absolute atomic E-state index is 0.00502. The Kier molecular flexibility index (Phi) is 13.8. The van der Waals surface area contributed by atoms with Gasteiger partial charge in [0.05, 0.1) is 38.1 Å². The van der Waals surface area contributed by atoms with Crippen LogP contribution in [0, 0.1) is 41.9 Å².